The van der Waals surface area contributed by atoms with Crippen LogP contribution in [0.3, 0.4) is 0 Å². The lowest BCUT2D eigenvalue weighted by Crippen LogP contribution is -2.57. The lowest BCUT2D eigenvalue weighted by molar-refractivity contribution is -0.155. The Morgan fingerprint density at radius 1 is 0.944 bits per heavy atom. The number of aliphatic hydroxyl groups is 1. The van der Waals surface area contributed by atoms with Crippen LogP contribution in [0.1, 0.15) is 64.7 Å². The van der Waals surface area contributed by atoms with Crippen molar-refractivity contribution < 1.29 is 24.2 Å². The second-order valence-corrected chi connectivity index (χ2v) is 11.2. The minimum atomic E-state index is -1.16. The Morgan fingerprint density at radius 2 is 1.69 bits per heavy atom. The van der Waals surface area contributed by atoms with Gasteiger partial charge in [-0.2, -0.15) is 0 Å². The number of carbonyl (C=O) groups is 3. The van der Waals surface area contributed by atoms with Crippen LogP contribution in [-0.2, 0) is 19.1 Å². The van der Waals surface area contributed by atoms with E-state index in [1.165, 1.54) is 6.42 Å². The van der Waals surface area contributed by atoms with Crippen LogP contribution in [0, 0.1) is 11.8 Å². The highest BCUT2D eigenvalue weighted by atomic mass is 16.5. The quantitative estimate of drug-likeness (QED) is 0.429. The number of hydrogen-bond acceptors (Lipinski definition) is 5. The van der Waals surface area contributed by atoms with Crippen molar-refractivity contribution in [2.45, 2.75) is 88.0 Å². The fourth-order valence-electron chi connectivity index (χ4n) is 7.43. The molecule has 0 radical (unpaired) electrons. The topological polar surface area (TPSA) is 90.4 Å². The van der Waals surface area contributed by atoms with Crippen molar-refractivity contribution >= 4 is 17.7 Å². The molecular weight excluding hydrogens is 458 g/mol. The zero-order valence-corrected chi connectivity index (χ0v) is 21.7. The fourth-order valence-corrected chi connectivity index (χ4v) is 7.43. The summed E-state index contributed by atoms with van der Waals surface area (Å²) >= 11 is 0. The summed E-state index contributed by atoms with van der Waals surface area (Å²) in [6.07, 6.45) is 16.0. The first-order valence-electron chi connectivity index (χ1n) is 13.9. The number of likely N-dealkylation sites (N-methyl/N-ethyl adjacent to an activating group) is 1. The van der Waals surface area contributed by atoms with Gasteiger partial charge in [0.2, 0.25) is 17.7 Å². The third-order valence-corrected chi connectivity index (χ3v) is 9.24. The standard InChI is InChI=1S/C28H41N3O5/c1-3-27-14-10-16-29(2)24(33)21(27)22-25(34)31(17-8-5-9-19-32)23-26(35)30(20-12-6-4-7-13-20)18-11-15-28(22,23)36-27/h10-11,14-15,20-23,32H,3-9,12-13,16-19H2,1-2H3/t21-,22+,23?,27+,28+/m1/s1. The first-order chi connectivity index (χ1) is 17.4. The number of amides is 3. The smallest absolute Gasteiger partial charge is 0.249 e. The summed E-state index contributed by atoms with van der Waals surface area (Å²) in [7, 11) is 1.77. The van der Waals surface area contributed by atoms with Gasteiger partial charge in [0.1, 0.15) is 11.6 Å². The van der Waals surface area contributed by atoms with Crippen molar-refractivity contribution in [1.29, 1.82) is 0 Å². The Bertz CT molecular complexity index is 943. The summed E-state index contributed by atoms with van der Waals surface area (Å²) in [4.78, 5) is 47.7. The van der Waals surface area contributed by atoms with Crippen LogP contribution in [0.15, 0.2) is 24.3 Å². The molecule has 5 atom stereocenters. The van der Waals surface area contributed by atoms with E-state index in [1.54, 1.807) is 16.8 Å². The SMILES string of the molecule is CC[C@]12C=CCN(C)C(=O)[C@H]1[C@H]1C(=O)N(CCCCCO)C3C(=O)N(C4CCCCC4)CC=C[C@@]31O2. The van der Waals surface area contributed by atoms with Gasteiger partial charge in [-0.1, -0.05) is 50.5 Å². The van der Waals surface area contributed by atoms with E-state index in [0.29, 0.717) is 38.9 Å². The second-order valence-electron chi connectivity index (χ2n) is 11.2. The Morgan fingerprint density at radius 3 is 2.42 bits per heavy atom. The minimum Gasteiger partial charge on any atom is -0.396 e. The molecular formula is C28H41N3O5. The van der Waals surface area contributed by atoms with E-state index in [2.05, 4.69) is 0 Å². The van der Waals surface area contributed by atoms with Crippen LogP contribution in [0.5, 0.6) is 0 Å². The Kier molecular flexibility index (Phi) is 7.03. The van der Waals surface area contributed by atoms with E-state index in [1.807, 2.05) is 36.1 Å². The van der Waals surface area contributed by atoms with Crippen molar-refractivity contribution in [2.24, 2.45) is 11.8 Å². The maximum absolute atomic E-state index is 14.4. The van der Waals surface area contributed by atoms with Gasteiger partial charge in [0.15, 0.2) is 0 Å². The highest BCUT2D eigenvalue weighted by Gasteiger charge is 2.75. The highest BCUT2D eigenvalue weighted by molar-refractivity contribution is 6.00. The van der Waals surface area contributed by atoms with Gasteiger partial charge in [0.25, 0.3) is 0 Å². The molecule has 3 fully saturated rings. The van der Waals surface area contributed by atoms with E-state index >= 15 is 0 Å². The van der Waals surface area contributed by atoms with E-state index in [-0.39, 0.29) is 30.4 Å². The number of ether oxygens (including phenoxy) is 1. The van der Waals surface area contributed by atoms with Crippen molar-refractivity contribution in [3.8, 4) is 0 Å². The third kappa shape index (κ3) is 3.83. The first-order valence-corrected chi connectivity index (χ1v) is 13.9. The van der Waals surface area contributed by atoms with Crippen LogP contribution in [0.25, 0.3) is 0 Å². The molecule has 5 aliphatic rings. The average molecular weight is 500 g/mol. The normalized spacial score (nSPS) is 36.7. The number of rotatable bonds is 7. The maximum atomic E-state index is 14.4. The van der Waals surface area contributed by atoms with Crippen LogP contribution in [0.2, 0.25) is 0 Å². The van der Waals surface area contributed by atoms with Gasteiger partial charge in [-0.15, -0.1) is 0 Å². The van der Waals surface area contributed by atoms with Gasteiger partial charge in [0.05, 0.1) is 17.4 Å². The third-order valence-electron chi connectivity index (χ3n) is 9.24. The van der Waals surface area contributed by atoms with Crippen molar-refractivity contribution in [3.05, 3.63) is 24.3 Å². The zero-order valence-electron chi connectivity index (χ0n) is 21.7. The van der Waals surface area contributed by atoms with E-state index in [0.717, 1.165) is 32.1 Å². The molecule has 0 aromatic rings. The van der Waals surface area contributed by atoms with Crippen LogP contribution >= 0.6 is 0 Å². The van der Waals surface area contributed by atoms with Crippen LogP contribution in [0.4, 0.5) is 0 Å². The molecule has 0 aromatic heterocycles. The summed E-state index contributed by atoms with van der Waals surface area (Å²) in [5, 5.41) is 9.23. The van der Waals surface area contributed by atoms with Crippen molar-refractivity contribution in [2.75, 3.05) is 33.3 Å². The summed E-state index contributed by atoms with van der Waals surface area (Å²) in [6.45, 7) is 3.52. The van der Waals surface area contributed by atoms with Gasteiger partial charge >= 0.3 is 0 Å². The lowest BCUT2D eigenvalue weighted by Gasteiger charge is -2.40. The van der Waals surface area contributed by atoms with Gasteiger partial charge in [-0.3, -0.25) is 14.4 Å². The predicted octanol–water partition coefficient (Wildman–Crippen LogP) is 2.27. The van der Waals surface area contributed by atoms with E-state index in [4.69, 9.17) is 4.74 Å². The Labute approximate surface area is 214 Å². The molecule has 8 nitrogen and oxygen atoms in total. The molecule has 1 spiro atoms. The summed E-state index contributed by atoms with van der Waals surface area (Å²) < 4.78 is 6.96. The first kappa shape index (κ1) is 25.5. The molecule has 1 aliphatic carbocycles. The average Bonchev–Trinajstić information content (AvgIpc) is 3.18. The van der Waals surface area contributed by atoms with E-state index in [9.17, 15) is 19.5 Å². The molecule has 36 heavy (non-hydrogen) atoms. The number of nitrogens with zero attached hydrogens (tertiary/aromatic N) is 3. The molecule has 0 aromatic carbocycles. The lowest BCUT2D eigenvalue weighted by atomic mass is 9.73. The van der Waals surface area contributed by atoms with Gasteiger partial charge in [-0.25, -0.2) is 0 Å². The monoisotopic (exact) mass is 499 g/mol. The second kappa shape index (κ2) is 9.93. The van der Waals surface area contributed by atoms with E-state index < -0.39 is 29.1 Å². The number of carbonyl (C=O) groups excluding carboxylic acids is 3. The van der Waals surface area contributed by atoms with Crippen LogP contribution < -0.4 is 0 Å². The molecule has 1 unspecified atom stereocenters. The Balaban J connectivity index is 1.58. The zero-order chi connectivity index (χ0) is 25.5. The molecule has 5 rings (SSSR count). The largest absolute Gasteiger partial charge is 0.396 e. The van der Waals surface area contributed by atoms with Crippen molar-refractivity contribution in [3.63, 3.8) is 0 Å². The fraction of sp³-hybridized carbons (Fsp3) is 0.750. The molecule has 4 aliphatic heterocycles. The van der Waals surface area contributed by atoms with Crippen molar-refractivity contribution in [1.82, 2.24) is 14.7 Å². The number of hydrogen-bond donors (Lipinski definition) is 1. The molecule has 1 saturated carbocycles. The summed E-state index contributed by atoms with van der Waals surface area (Å²) in [6, 6.07) is -0.595. The van der Waals surface area contributed by atoms with Gasteiger partial charge in [0, 0.05) is 39.3 Å². The number of fused-ring (bicyclic) bond motifs is 2. The number of unbranched alkanes of at least 4 members (excludes halogenated alkanes) is 2. The molecule has 3 amide bonds. The Hall–Kier alpha value is -2.19. The molecule has 198 valence electrons. The summed E-state index contributed by atoms with van der Waals surface area (Å²) in [5.74, 6) is -1.68. The molecule has 2 saturated heterocycles. The molecule has 4 heterocycles. The molecule has 8 heteroatoms. The number of likely N-dealkylation sites (tertiary alicyclic amines) is 1. The predicted molar refractivity (Wildman–Crippen MR) is 135 cm³/mol. The van der Waals surface area contributed by atoms with Gasteiger partial charge < -0.3 is 24.5 Å². The minimum absolute atomic E-state index is 0.0441. The van der Waals surface area contributed by atoms with Gasteiger partial charge in [-0.05, 0) is 38.5 Å². The maximum Gasteiger partial charge on any atom is 0.249 e. The highest BCUT2D eigenvalue weighted by Crippen LogP contribution is 2.58. The summed E-state index contributed by atoms with van der Waals surface area (Å²) in [5.41, 5.74) is -2.07. The molecule has 0 bridgehead atoms. The number of aliphatic hydroxyl groups excluding tert-OH is 1. The molecule has 1 N–H and O–H groups in total. The van der Waals surface area contributed by atoms with Crippen LogP contribution in [-0.4, -0.2) is 94.1 Å².